The minimum absolute atomic E-state index is 0.0837. The maximum atomic E-state index is 11.3. The van der Waals surface area contributed by atoms with Crippen LogP contribution < -0.4 is 10.6 Å². The summed E-state index contributed by atoms with van der Waals surface area (Å²) in [6.45, 7) is 1.81. The normalized spacial score (nSPS) is 18.7. The van der Waals surface area contributed by atoms with Crippen molar-refractivity contribution in [2.24, 2.45) is 5.73 Å². The number of amides is 2. The Morgan fingerprint density at radius 2 is 2.33 bits per heavy atom. The third kappa shape index (κ3) is 1.48. The maximum Gasteiger partial charge on any atom is 0.226 e. The van der Waals surface area contributed by atoms with Gasteiger partial charge in [-0.1, -0.05) is 12.1 Å². The van der Waals surface area contributed by atoms with Crippen LogP contribution in [0.4, 0.5) is 5.69 Å². The number of nitrogens with two attached hydrogens (primary N) is 1. The lowest BCUT2D eigenvalue weighted by Gasteiger charge is -2.14. The minimum Gasteiger partial charge on any atom is -0.369 e. The molecule has 1 heterocycles. The molecule has 1 aliphatic heterocycles. The number of nitrogens with zero attached hydrogens (tertiary/aromatic N) is 1. The zero-order valence-electron chi connectivity index (χ0n) is 8.36. The van der Waals surface area contributed by atoms with Crippen LogP contribution in [0.25, 0.3) is 0 Å². The Kier molecular flexibility index (Phi) is 2.19. The number of carbonyl (C=O) groups excluding carboxylic acids is 2. The van der Waals surface area contributed by atoms with E-state index in [-0.39, 0.29) is 5.91 Å². The van der Waals surface area contributed by atoms with Crippen LogP contribution in [0.15, 0.2) is 18.2 Å². The van der Waals surface area contributed by atoms with Gasteiger partial charge in [0, 0.05) is 19.2 Å². The molecule has 0 aliphatic carbocycles. The predicted octanol–water partition coefficient (Wildman–Crippen LogP) is 0.422. The standard InChI is InChI=1S/C11H11N2O2/c1-7(14)13-6-9(11(12)15)8-4-2-3-5-10(8)13/h2-3,5,9H,6H2,1H3,(H2,12,15). The van der Waals surface area contributed by atoms with Gasteiger partial charge in [-0.05, 0) is 17.7 Å². The molecule has 0 saturated carbocycles. The Morgan fingerprint density at radius 1 is 1.60 bits per heavy atom. The van der Waals surface area contributed by atoms with Crippen LogP contribution >= 0.6 is 0 Å². The molecule has 0 fully saturated rings. The molecule has 2 rings (SSSR count). The van der Waals surface area contributed by atoms with Gasteiger partial charge in [0.2, 0.25) is 11.8 Å². The summed E-state index contributed by atoms with van der Waals surface area (Å²) in [6.07, 6.45) is 0. The first-order valence-corrected chi connectivity index (χ1v) is 4.69. The van der Waals surface area contributed by atoms with Crippen LogP contribution in [0.3, 0.4) is 0 Å². The van der Waals surface area contributed by atoms with E-state index in [0.717, 1.165) is 11.3 Å². The zero-order chi connectivity index (χ0) is 11.0. The summed E-state index contributed by atoms with van der Waals surface area (Å²) in [5.74, 6) is -0.924. The van der Waals surface area contributed by atoms with E-state index in [2.05, 4.69) is 6.07 Å². The lowest BCUT2D eigenvalue weighted by atomic mass is 10.0. The fraction of sp³-hybridized carbons (Fsp3) is 0.273. The second kappa shape index (κ2) is 3.38. The van der Waals surface area contributed by atoms with Gasteiger partial charge in [-0.3, -0.25) is 9.59 Å². The van der Waals surface area contributed by atoms with Crippen LogP contribution in [-0.2, 0) is 9.59 Å². The number of primary amides is 1. The molecule has 4 heteroatoms. The highest BCUT2D eigenvalue weighted by atomic mass is 16.2. The lowest BCUT2D eigenvalue weighted by molar-refractivity contribution is -0.119. The molecule has 1 aromatic carbocycles. The molecule has 0 spiro atoms. The SMILES string of the molecule is CC(=O)N1CC(C(N)=O)c2[c]cccc21. The van der Waals surface area contributed by atoms with Crippen LogP contribution in [0.5, 0.6) is 0 Å². The zero-order valence-corrected chi connectivity index (χ0v) is 8.36. The van der Waals surface area contributed by atoms with Gasteiger partial charge in [-0.15, -0.1) is 0 Å². The van der Waals surface area contributed by atoms with Crippen molar-refractivity contribution >= 4 is 17.5 Å². The molecule has 1 unspecified atom stereocenters. The van der Waals surface area contributed by atoms with E-state index >= 15 is 0 Å². The lowest BCUT2D eigenvalue weighted by Crippen LogP contribution is -2.31. The van der Waals surface area contributed by atoms with Crippen LogP contribution in [0.2, 0.25) is 0 Å². The molecule has 77 valence electrons. The van der Waals surface area contributed by atoms with Crippen molar-refractivity contribution < 1.29 is 9.59 Å². The molecule has 2 amide bonds. The van der Waals surface area contributed by atoms with Gasteiger partial charge in [0.15, 0.2) is 0 Å². The number of hydrogen-bond donors (Lipinski definition) is 1. The van der Waals surface area contributed by atoms with Gasteiger partial charge in [0.25, 0.3) is 0 Å². The number of carbonyl (C=O) groups is 2. The molecule has 1 aromatic rings. The van der Waals surface area contributed by atoms with Gasteiger partial charge >= 0.3 is 0 Å². The fourth-order valence-electron chi connectivity index (χ4n) is 1.86. The smallest absolute Gasteiger partial charge is 0.226 e. The van der Waals surface area contributed by atoms with E-state index in [1.165, 1.54) is 6.92 Å². The molecule has 1 aliphatic rings. The molecule has 0 aromatic heterocycles. The predicted molar refractivity (Wildman–Crippen MR) is 55.2 cm³/mol. The van der Waals surface area contributed by atoms with E-state index in [1.807, 2.05) is 0 Å². The van der Waals surface area contributed by atoms with Crippen molar-refractivity contribution in [3.63, 3.8) is 0 Å². The molecule has 1 atom stereocenters. The molecular formula is C11H11N2O2. The van der Waals surface area contributed by atoms with E-state index in [1.54, 1.807) is 23.1 Å². The Labute approximate surface area is 87.7 Å². The van der Waals surface area contributed by atoms with Crippen molar-refractivity contribution in [2.75, 3.05) is 11.4 Å². The summed E-state index contributed by atoms with van der Waals surface area (Å²) in [5, 5.41) is 0. The Hall–Kier alpha value is -1.84. The molecule has 0 saturated heterocycles. The Bertz CT molecular complexity index is 389. The highest BCUT2D eigenvalue weighted by molar-refractivity contribution is 5.98. The summed E-state index contributed by atoms with van der Waals surface area (Å²) >= 11 is 0. The number of hydrogen-bond acceptors (Lipinski definition) is 2. The van der Waals surface area contributed by atoms with Crippen LogP contribution in [-0.4, -0.2) is 18.4 Å². The van der Waals surface area contributed by atoms with Crippen molar-refractivity contribution in [3.8, 4) is 0 Å². The highest BCUT2D eigenvalue weighted by Gasteiger charge is 2.33. The van der Waals surface area contributed by atoms with E-state index in [4.69, 9.17) is 5.73 Å². The summed E-state index contributed by atoms with van der Waals surface area (Å²) < 4.78 is 0. The molecule has 15 heavy (non-hydrogen) atoms. The summed E-state index contributed by atoms with van der Waals surface area (Å²) in [5.41, 5.74) is 6.74. The second-order valence-corrected chi connectivity index (χ2v) is 3.55. The van der Waals surface area contributed by atoms with Gasteiger partial charge in [-0.25, -0.2) is 0 Å². The highest BCUT2D eigenvalue weighted by Crippen LogP contribution is 2.35. The van der Waals surface area contributed by atoms with Gasteiger partial charge in [0.1, 0.15) is 0 Å². The third-order valence-corrected chi connectivity index (χ3v) is 2.59. The molecule has 1 radical (unpaired) electrons. The first-order chi connectivity index (χ1) is 7.11. The largest absolute Gasteiger partial charge is 0.369 e. The van der Waals surface area contributed by atoms with Crippen LogP contribution in [0.1, 0.15) is 18.4 Å². The van der Waals surface area contributed by atoms with E-state index in [9.17, 15) is 9.59 Å². The number of fused-ring (bicyclic) bond motifs is 1. The van der Waals surface area contributed by atoms with E-state index in [0.29, 0.717) is 6.54 Å². The van der Waals surface area contributed by atoms with Gasteiger partial charge < -0.3 is 10.6 Å². The van der Waals surface area contributed by atoms with Crippen molar-refractivity contribution in [3.05, 3.63) is 29.8 Å². The first-order valence-electron chi connectivity index (χ1n) is 4.69. The minimum atomic E-state index is -0.426. The Balaban J connectivity index is 2.48. The third-order valence-electron chi connectivity index (χ3n) is 2.59. The van der Waals surface area contributed by atoms with Gasteiger partial charge in [-0.2, -0.15) is 0 Å². The average molecular weight is 203 g/mol. The first kappa shape index (κ1) is 9.71. The molecular weight excluding hydrogens is 192 g/mol. The Morgan fingerprint density at radius 3 is 2.93 bits per heavy atom. The number of anilines is 1. The number of benzene rings is 1. The van der Waals surface area contributed by atoms with Crippen LogP contribution in [0, 0.1) is 6.07 Å². The van der Waals surface area contributed by atoms with E-state index < -0.39 is 11.8 Å². The summed E-state index contributed by atoms with van der Waals surface area (Å²) in [6, 6.07) is 8.28. The average Bonchev–Trinajstić information content (AvgIpc) is 2.56. The molecule has 2 N–H and O–H groups in total. The summed E-state index contributed by atoms with van der Waals surface area (Å²) in [4.78, 5) is 24.1. The second-order valence-electron chi connectivity index (χ2n) is 3.55. The summed E-state index contributed by atoms with van der Waals surface area (Å²) in [7, 11) is 0. The van der Waals surface area contributed by atoms with Crippen molar-refractivity contribution in [1.82, 2.24) is 0 Å². The molecule has 4 nitrogen and oxygen atoms in total. The fourth-order valence-corrected chi connectivity index (χ4v) is 1.86. The van der Waals surface area contributed by atoms with Crippen molar-refractivity contribution in [2.45, 2.75) is 12.8 Å². The number of rotatable bonds is 1. The van der Waals surface area contributed by atoms with Gasteiger partial charge in [0.05, 0.1) is 5.92 Å². The topological polar surface area (TPSA) is 63.4 Å². The quantitative estimate of drug-likeness (QED) is 0.719. The molecule has 0 bridgehead atoms. The monoisotopic (exact) mass is 203 g/mol. The van der Waals surface area contributed by atoms with Crippen molar-refractivity contribution in [1.29, 1.82) is 0 Å². The maximum absolute atomic E-state index is 11.3.